The molecule has 0 unspecified atom stereocenters. The highest BCUT2D eigenvalue weighted by atomic mass is 35.5. The van der Waals surface area contributed by atoms with Crippen LogP contribution in [0.25, 0.3) is 16.8 Å². The van der Waals surface area contributed by atoms with Crippen molar-refractivity contribution in [1.29, 1.82) is 0 Å². The summed E-state index contributed by atoms with van der Waals surface area (Å²) in [6.45, 7) is 2.08. The monoisotopic (exact) mass is 481 g/mol. The van der Waals surface area contributed by atoms with Crippen LogP contribution in [0, 0.1) is 11.8 Å². The van der Waals surface area contributed by atoms with Crippen molar-refractivity contribution in [2.45, 2.75) is 37.1 Å². The number of hydrogen-bond donors (Lipinski definition) is 0. The van der Waals surface area contributed by atoms with Crippen molar-refractivity contribution in [3.8, 4) is 17.0 Å². The number of ether oxygens (including phenoxy) is 1. The van der Waals surface area contributed by atoms with E-state index in [0.29, 0.717) is 5.56 Å². The average Bonchev–Trinajstić information content (AvgIpc) is 3.66. The van der Waals surface area contributed by atoms with Crippen molar-refractivity contribution < 1.29 is 17.9 Å². The molecule has 2 fully saturated rings. The van der Waals surface area contributed by atoms with Crippen LogP contribution >= 0.6 is 23.4 Å². The fraction of sp³-hybridized carbons (Fsp3) is 0.435. The molecule has 0 spiro atoms. The first-order valence-corrected chi connectivity index (χ1v) is 12.3. The van der Waals surface area contributed by atoms with Crippen LogP contribution in [0.3, 0.4) is 0 Å². The summed E-state index contributed by atoms with van der Waals surface area (Å²) in [6, 6.07) is 9.89. The zero-order chi connectivity index (χ0) is 22.5. The van der Waals surface area contributed by atoms with Gasteiger partial charge in [-0.15, -0.1) is 24.9 Å². The van der Waals surface area contributed by atoms with Crippen LogP contribution in [-0.4, -0.2) is 35.3 Å². The molecule has 0 atom stereocenters. The van der Waals surface area contributed by atoms with E-state index in [9.17, 15) is 13.2 Å². The summed E-state index contributed by atoms with van der Waals surface area (Å²) < 4.78 is 43.6. The number of pyridine rings is 1. The Balaban J connectivity index is 1.57. The number of rotatable bonds is 8. The molecule has 4 nitrogen and oxygen atoms in total. The van der Waals surface area contributed by atoms with E-state index in [-0.39, 0.29) is 10.8 Å². The Hall–Kier alpha value is -2.06. The number of benzene rings is 1. The minimum Gasteiger partial charge on any atom is -0.406 e. The van der Waals surface area contributed by atoms with E-state index in [1.807, 2.05) is 29.0 Å². The van der Waals surface area contributed by atoms with Crippen molar-refractivity contribution in [3.05, 3.63) is 41.4 Å². The van der Waals surface area contributed by atoms with Gasteiger partial charge < -0.3 is 9.64 Å². The smallest absolute Gasteiger partial charge is 0.406 e. The van der Waals surface area contributed by atoms with Crippen molar-refractivity contribution in [2.75, 3.05) is 24.2 Å². The zero-order valence-corrected chi connectivity index (χ0v) is 19.1. The van der Waals surface area contributed by atoms with E-state index in [2.05, 4.69) is 9.64 Å². The van der Waals surface area contributed by atoms with Crippen LogP contribution in [0.4, 0.5) is 18.9 Å². The van der Waals surface area contributed by atoms with Crippen LogP contribution in [0.15, 0.2) is 41.4 Å². The second-order valence-corrected chi connectivity index (χ2v) is 9.75. The highest BCUT2D eigenvalue weighted by molar-refractivity contribution is 7.98. The molecule has 2 aliphatic carbocycles. The highest BCUT2D eigenvalue weighted by Gasteiger charge is 2.33. The summed E-state index contributed by atoms with van der Waals surface area (Å²) in [7, 11) is 0. The molecule has 0 saturated heterocycles. The van der Waals surface area contributed by atoms with Crippen molar-refractivity contribution in [1.82, 2.24) is 9.61 Å². The Morgan fingerprint density at radius 3 is 2.38 bits per heavy atom. The molecule has 0 radical (unpaired) electrons. The van der Waals surface area contributed by atoms with Gasteiger partial charge in [0.1, 0.15) is 10.8 Å². The van der Waals surface area contributed by atoms with Gasteiger partial charge >= 0.3 is 6.36 Å². The Kier molecular flexibility index (Phi) is 5.70. The van der Waals surface area contributed by atoms with Gasteiger partial charge in [-0.2, -0.15) is 5.10 Å². The number of aromatic nitrogens is 2. The van der Waals surface area contributed by atoms with Gasteiger partial charge in [-0.25, -0.2) is 4.52 Å². The second kappa shape index (κ2) is 8.37. The summed E-state index contributed by atoms with van der Waals surface area (Å²) in [5.74, 6) is 1.15. The Morgan fingerprint density at radius 1 is 1.12 bits per heavy atom. The fourth-order valence-corrected chi connectivity index (χ4v) is 4.91. The average molecular weight is 482 g/mol. The molecule has 2 aromatic heterocycles. The van der Waals surface area contributed by atoms with E-state index in [0.717, 1.165) is 46.8 Å². The Labute approximate surface area is 193 Å². The summed E-state index contributed by atoms with van der Waals surface area (Å²) >= 11 is 8.00. The lowest BCUT2D eigenvalue weighted by atomic mass is 10.1. The standard InChI is InChI=1S/C23H23ClF3N3OS/c1-32-22-21(29(12-14-5-6-14)13-15-7-8-15)20-4-2-3-19(30(20)28-22)17-10-9-16(11-18(17)24)31-23(25,26)27/h2-4,9-11,14-15H,5-8,12-13H2,1H3. The molecule has 170 valence electrons. The first-order valence-electron chi connectivity index (χ1n) is 10.7. The number of anilines is 1. The number of alkyl halides is 3. The molecular formula is C23H23ClF3N3OS. The normalized spacial score (nSPS) is 16.5. The summed E-state index contributed by atoms with van der Waals surface area (Å²) in [6.07, 6.45) is 2.38. The first-order chi connectivity index (χ1) is 15.3. The molecule has 0 N–H and O–H groups in total. The molecule has 2 saturated carbocycles. The number of halogens is 4. The quantitative estimate of drug-likeness (QED) is 0.327. The van der Waals surface area contributed by atoms with Gasteiger partial charge in [0.15, 0.2) is 0 Å². The number of fused-ring (bicyclic) bond motifs is 1. The van der Waals surface area contributed by atoms with Gasteiger partial charge in [-0.1, -0.05) is 17.7 Å². The van der Waals surface area contributed by atoms with Crippen LogP contribution in [-0.2, 0) is 0 Å². The number of nitrogens with zero attached hydrogens (tertiary/aromatic N) is 3. The van der Waals surface area contributed by atoms with Gasteiger partial charge in [0.05, 0.1) is 21.9 Å². The molecule has 1 aromatic carbocycles. The minimum absolute atomic E-state index is 0.176. The third kappa shape index (κ3) is 4.66. The van der Waals surface area contributed by atoms with Gasteiger partial charge in [0.2, 0.25) is 0 Å². The van der Waals surface area contributed by atoms with Crippen LogP contribution in [0.2, 0.25) is 5.02 Å². The van der Waals surface area contributed by atoms with Crippen LogP contribution in [0.5, 0.6) is 5.75 Å². The van der Waals surface area contributed by atoms with Gasteiger partial charge in [-0.05, 0) is 74.1 Å². The predicted octanol–water partition coefficient (Wildman–Crippen LogP) is 6.90. The Morgan fingerprint density at radius 2 is 1.81 bits per heavy atom. The molecule has 9 heteroatoms. The molecule has 0 amide bonds. The largest absolute Gasteiger partial charge is 0.573 e. The second-order valence-electron chi connectivity index (χ2n) is 8.55. The van der Waals surface area contributed by atoms with Gasteiger partial charge in [-0.3, -0.25) is 0 Å². The van der Waals surface area contributed by atoms with E-state index in [1.54, 1.807) is 17.8 Å². The number of hydrogen-bond acceptors (Lipinski definition) is 4. The summed E-state index contributed by atoms with van der Waals surface area (Å²) in [5.41, 5.74) is 3.46. The van der Waals surface area contributed by atoms with Crippen molar-refractivity contribution in [2.24, 2.45) is 11.8 Å². The molecule has 2 aliphatic rings. The highest BCUT2D eigenvalue weighted by Crippen LogP contribution is 2.42. The van der Waals surface area contributed by atoms with E-state index < -0.39 is 6.36 Å². The maximum atomic E-state index is 12.6. The first kappa shape index (κ1) is 21.8. The van der Waals surface area contributed by atoms with E-state index in [1.165, 1.54) is 37.8 Å². The van der Waals surface area contributed by atoms with Crippen molar-refractivity contribution in [3.63, 3.8) is 0 Å². The molecule has 5 rings (SSSR count). The van der Waals surface area contributed by atoms with Gasteiger partial charge in [0, 0.05) is 18.7 Å². The Bertz CT molecular complexity index is 1130. The third-order valence-corrected chi connectivity index (χ3v) is 6.89. The van der Waals surface area contributed by atoms with Gasteiger partial charge in [0.25, 0.3) is 0 Å². The SMILES string of the molecule is CSc1nn2c(-c3ccc(OC(F)(F)F)cc3Cl)cccc2c1N(CC1CC1)CC1CC1. The maximum absolute atomic E-state index is 12.6. The molecule has 3 aromatic rings. The third-order valence-electron chi connectivity index (χ3n) is 5.91. The number of thioether (sulfide) groups is 1. The van der Waals surface area contributed by atoms with Crippen molar-refractivity contribution >= 4 is 34.6 Å². The summed E-state index contributed by atoms with van der Waals surface area (Å²) in [4.78, 5) is 2.50. The fourth-order valence-electron chi connectivity index (χ4n) is 4.06. The van der Waals surface area contributed by atoms with Crippen LogP contribution < -0.4 is 9.64 Å². The lowest BCUT2D eigenvalue weighted by Crippen LogP contribution is -2.28. The predicted molar refractivity (Wildman–Crippen MR) is 122 cm³/mol. The lowest BCUT2D eigenvalue weighted by Gasteiger charge is -2.25. The maximum Gasteiger partial charge on any atom is 0.573 e. The topological polar surface area (TPSA) is 29.8 Å². The summed E-state index contributed by atoms with van der Waals surface area (Å²) in [5, 5.41) is 6.00. The van der Waals surface area contributed by atoms with E-state index in [4.69, 9.17) is 16.7 Å². The lowest BCUT2D eigenvalue weighted by molar-refractivity contribution is -0.274. The molecule has 2 heterocycles. The van der Waals surface area contributed by atoms with E-state index >= 15 is 0 Å². The molecule has 32 heavy (non-hydrogen) atoms. The van der Waals surface area contributed by atoms with Crippen LogP contribution in [0.1, 0.15) is 25.7 Å². The minimum atomic E-state index is -4.76. The zero-order valence-electron chi connectivity index (χ0n) is 17.5. The molecular weight excluding hydrogens is 459 g/mol. The molecule has 0 aliphatic heterocycles. The molecule has 0 bridgehead atoms.